The minimum absolute atomic E-state index is 0.203. The van der Waals surface area contributed by atoms with Crippen LogP contribution >= 0.6 is 0 Å². The lowest BCUT2D eigenvalue weighted by atomic mass is 10.2. The minimum atomic E-state index is -0.293. The van der Waals surface area contributed by atoms with Gasteiger partial charge in [0.1, 0.15) is 0 Å². The van der Waals surface area contributed by atoms with E-state index in [4.69, 9.17) is 4.74 Å². The van der Waals surface area contributed by atoms with Crippen molar-refractivity contribution in [3.8, 4) is 22.8 Å². The first-order valence-electron chi connectivity index (χ1n) is 9.08. The first-order chi connectivity index (χ1) is 13.7. The molecule has 3 heterocycles. The molecule has 0 aliphatic carbocycles. The summed E-state index contributed by atoms with van der Waals surface area (Å²) in [5.41, 5.74) is 2.19. The number of pyridine rings is 1. The summed E-state index contributed by atoms with van der Waals surface area (Å²) in [5.74, 6) is 0.203. The Hall–Kier alpha value is -3.48. The van der Waals surface area contributed by atoms with Crippen molar-refractivity contribution >= 4 is 5.70 Å². The van der Waals surface area contributed by atoms with Crippen molar-refractivity contribution < 1.29 is 4.74 Å². The van der Waals surface area contributed by atoms with Crippen LogP contribution in [0.2, 0.25) is 0 Å². The fourth-order valence-electron chi connectivity index (χ4n) is 2.48. The summed E-state index contributed by atoms with van der Waals surface area (Å²) < 4.78 is 8.54. The van der Waals surface area contributed by atoms with Crippen molar-refractivity contribution in [2.45, 2.75) is 27.7 Å². The van der Waals surface area contributed by atoms with Crippen LogP contribution in [0.25, 0.3) is 22.8 Å². The number of hydrogen-bond donors (Lipinski definition) is 0. The molecule has 28 heavy (non-hydrogen) atoms. The van der Waals surface area contributed by atoms with E-state index in [2.05, 4.69) is 15.2 Å². The van der Waals surface area contributed by atoms with Crippen molar-refractivity contribution in [1.29, 1.82) is 0 Å². The van der Waals surface area contributed by atoms with Gasteiger partial charge in [0, 0.05) is 18.1 Å². The van der Waals surface area contributed by atoms with Crippen LogP contribution in [-0.4, -0.2) is 31.7 Å². The first-order valence-corrected chi connectivity index (χ1v) is 9.08. The van der Waals surface area contributed by atoms with E-state index in [1.807, 2.05) is 45.9 Å². The molecular formula is C21H25N5O2. The average molecular weight is 379 g/mol. The normalized spacial score (nSPS) is 11.2. The minimum Gasteiger partial charge on any atom is -0.491 e. The number of nitrogens with zero attached hydrogens (tertiary/aromatic N) is 5. The molecule has 0 radical (unpaired) electrons. The molecule has 0 spiro atoms. The Morgan fingerprint density at radius 2 is 1.86 bits per heavy atom. The molecule has 7 heteroatoms. The third kappa shape index (κ3) is 4.43. The lowest BCUT2D eigenvalue weighted by Crippen LogP contribution is -2.17. The third-order valence-electron chi connectivity index (χ3n) is 3.78. The summed E-state index contributed by atoms with van der Waals surface area (Å²) in [6.45, 7) is 7.85. The SMILES string of the molecule is C/C=C\C=C(/C)n1nccc1-c1nn(-c2ccncc2)cc(OC)c1=O.CC. The largest absolute Gasteiger partial charge is 0.491 e. The van der Waals surface area contributed by atoms with Crippen molar-refractivity contribution in [2.75, 3.05) is 7.11 Å². The topological polar surface area (TPSA) is 74.8 Å². The predicted molar refractivity (Wildman–Crippen MR) is 112 cm³/mol. The van der Waals surface area contributed by atoms with E-state index in [1.54, 1.807) is 52.4 Å². The fourth-order valence-corrected chi connectivity index (χ4v) is 2.48. The molecule has 0 aliphatic heterocycles. The molecule has 3 rings (SSSR count). The van der Waals surface area contributed by atoms with Gasteiger partial charge in [-0.15, -0.1) is 0 Å². The molecule has 0 unspecified atom stereocenters. The Morgan fingerprint density at radius 1 is 1.14 bits per heavy atom. The number of allylic oxidation sites excluding steroid dienone is 4. The second-order valence-corrected chi connectivity index (χ2v) is 5.49. The summed E-state index contributed by atoms with van der Waals surface area (Å²) in [7, 11) is 1.46. The lowest BCUT2D eigenvalue weighted by molar-refractivity contribution is 0.405. The highest BCUT2D eigenvalue weighted by atomic mass is 16.5. The zero-order valence-electron chi connectivity index (χ0n) is 16.8. The van der Waals surface area contributed by atoms with Crippen molar-refractivity contribution in [3.05, 3.63) is 71.4 Å². The Bertz CT molecular complexity index is 1020. The summed E-state index contributed by atoms with van der Waals surface area (Å²) in [6, 6.07) is 5.36. The van der Waals surface area contributed by atoms with Crippen LogP contribution in [0.4, 0.5) is 0 Å². The number of aromatic nitrogens is 5. The second-order valence-electron chi connectivity index (χ2n) is 5.49. The summed E-state index contributed by atoms with van der Waals surface area (Å²) >= 11 is 0. The molecule has 0 atom stereocenters. The van der Waals surface area contributed by atoms with Crippen LogP contribution in [0.15, 0.2) is 66.0 Å². The van der Waals surface area contributed by atoms with E-state index in [0.717, 1.165) is 11.4 Å². The Labute approximate surface area is 164 Å². The molecule has 3 aromatic rings. The van der Waals surface area contributed by atoms with Crippen LogP contribution in [0.5, 0.6) is 5.75 Å². The highest BCUT2D eigenvalue weighted by Crippen LogP contribution is 2.20. The van der Waals surface area contributed by atoms with Gasteiger partial charge in [-0.05, 0) is 38.1 Å². The highest BCUT2D eigenvalue weighted by Gasteiger charge is 2.17. The highest BCUT2D eigenvalue weighted by molar-refractivity contribution is 5.62. The summed E-state index contributed by atoms with van der Waals surface area (Å²) in [6.07, 6.45) is 12.3. The summed E-state index contributed by atoms with van der Waals surface area (Å²) in [5, 5.41) is 8.83. The maximum atomic E-state index is 12.8. The van der Waals surface area contributed by atoms with Crippen LogP contribution in [-0.2, 0) is 0 Å². The molecule has 3 aromatic heterocycles. The fraction of sp³-hybridized carbons (Fsp3) is 0.238. The molecular weight excluding hydrogens is 354 g/mol. The van der Waals surface area contributed by atoms with E-state index in [9.17, 15) is 4.79 Å². The molecule has 0 saturated carbocycles. The third-order valence-corrected chi connectivity index (χ3v) is 3.78. The van der Waals surface area contributed by atoms with Gasteiger partial charge in [0.2, 0.25) is 0 Å². The van der Waals surface area contributed by atoms with Crippen LogP contribution in [0, 0.1) is 0 Å². The van der Waals surface area contributed by atoms with E-state index < -0.39 is 0 Å². The molecule has 0 saturated heterocycles. The predicted octanol–water partition coefficient (Wildman–Crippen LogP) is 3.96. The van der Waals surface area contributed by atoms with Gasteiger partial charge in [-0.3, -0.25) is 9.78 Å². The standard InChI is InChI=1S/C19H19N5O2.C2H6/c1-4-5-6-14(2)24-16(9-12-21-24)18-19(25)17(26-3)13-23(22-18)15-7-10-20-11-8-15;1-2/h4-13H,1-3H3;1-2H3/b5-4-,14-6+;. The van der Waals surface area contributed by atoms with E-state index in [1.165, 1.54) is 7.11 Å². The number of ether oxygens (including phenoxy) is 1. The Balaban J connectivity index is 0.00000136. The van der Waals surface area contributed by atoms with Crippen molar-refractivity contribution in [3.63, 3.8) is 0 Å². The Kier molecular flexibility index (Phi) is 7.45. The quantitative estimate of drug-likeness (QED) is 0.627. The smallest absolute Gasteiger partial charge is 0.251 e. The lowest BCUT2D eigenvalue weighted by Gasteiger charge is -2.11. The van der Waals surface area contributed by atoms with E-state index in [-0.39, 0.29) is 16.9 Å². The molecule has 0 aliphatic rings. The molecule has 0 aromatic carbocycles. The Morgan fingerprint density at radius 3 is 2.50 bits per heavy atom. The molecule has 7 nitrogen and oxygen atoms in total. The van der Waals surface area contributed by atoms with Crippen molar-refractivity contribution in [1.82, 2.24) is 24.5 Å². The molecule has 0 fully saturated rings. The monoisotopic (exact) mass is 379 g/mol. The average Bonchev–Trinajstić information content (AvgIpc) is 3.24. The van der Waals surface area contributed by atoms with Crippen LogP contribution in [0.1, 0.15) is 27.7 Å². The molecule has 0 amide bonds. The van der Waals surface area contributed by atoms with Gasteiger partial charge in [-0.1, -0.05) is 26.0 Å². The second kappa shape index (κ2) is 10.0. The number of methoxy groups -OCH3 is 1. The van der Waals surface area contributed by atoms with Gasteiger partial charge in [0.25, 0.3) is 5.43 Å². The maximum Gasteiger partial charge on any atom is 0.251 e. The van der Waals surface area contributed by atoms with Crippen LogP contribution < -0.4 is 10.2 Å². The van der Waals surface area contributed by atoms with Gasteiger partial charge in [-0.25, -0.2) is 9.36 Å². The van der Waals surface area contributed by atoms with Crippen molar-refractivity contribution in [2.24, 2.45) is 0 Å². The zero-order valence-corrected chi connectivity index (χ0v) is 16.8. The first kappa shape index (κ1) is 20.8. The van der Waals surface area contributed by atoms with Crippen LogP contribution in [0.3, 0.4) is 0 Å². The van der Waals surface area contributed by atoms with E-state index >= 15 is 0 Å². The van der Waals surface area contributed by atoms with Gasteiger partial charge in [0.05, 0.1) is 30.9 Å². The molecule has 0 bridgehead atoms. The number of rotatable bonds is 5. The van der Waals surface area contributed by atoms with E-state index in [0.29, 0.717) is 5.69 Å². The van der Waals surface area contributed by atoms with Gasteiger partial charge >= 0.3 is 0 Å². The summed E-state index contributed by atoms with van der Waals surface area (Å²) in [4.78, 5) is 16.8. The molecule has 146 valence electrons. The van der Waals surface area contributed by atoms with Gasteiger partial charge in [0.15, 0.2) is 11.4 Å². The maximum absolute atomic E-state index is 12.8. The van der Waals surface area contributed by atoms with Gasteiger partial charge in [-0.2, -0.15) is 10.2 Å². The zero-order chi connectivity index (χ0) is 20.5. The number of hydrogen-bond acceptors (Lipinski definition) is 5. The molecule has 0 N–H and O–H groups in total. The van der Waals surface area contributed by atoms with Gasteiger partial charge < -0.3 is 4.74 Å².